The SMILES string of the molecule is CO/C=C(/C(=O)OC)c1ccc2occ(-c3ccccc3OC)c2c1. The Morgan fingerprint density at radius 1 is 1.04 bits per heavy atom. The van der Waals surface area contributed by atoms with Crippen LogP contribution in [-0.2, 0) is 14.3 Å². The highest BCUT2D eigenvalue weighted by Gasteiger charge is 2.17. The van der Waals surface area contributed by atoms with Crippen molar-refractivity contribution in [1.29, 1.82) is 0 Å². The highest BCUT2D eigenvalue weighted by Crippen LogP contribution is 2.37. The van der Waals surface area contributed by atoms with Gasteiger partial charge in [0.1, 0.15) is 16.9 Å². The summed E-state index contributed by atoms with van der Waals surface area (Å²) in [5.41, 5.74) is 3.52. The molecule has 5 heteroatoms. The summed E-state index contributed by atoms with van der Waals surface area (Å²) in [6, 6.07) is 13.2. The highest BCUT2D eigenvalue weighted by molar-refractivity contribution is 6.17. The molecule has 0 saturated heterocycles. The number of esters is 1. The first kappa shape index (κ1) is 16.6. The molecule has 25 heavy (non-hydrogen) atoms. The summed E-state index contributed by atoms with van der Waals surface area (Å²) in [6.07, 6.45) is 3.06. The number of rotatable bonds is 5. The lowest BCUT2D eigenvalue weighted by Gasteiger charge is -2.08. The molecule has 0 aliphatic heterocycles. The molecule has 3 rings (SSSR count). The molecule has 0 unspecified atom stereocenters. The second kappa shape index (κ2) is 7.13. The topological polar surface area (TPSA) is 57.9 Å². The first-order valence-electron chi connectivity index (χ1n) is 7.66. The number of hydrogen-bond acceptors (Lipinski definition) is 5. The van der Waals surface area contributed by atoms with Crippen molar-refractivity contribution in [3.8, 4) is 16.9 Å². The van der Waals surface area contributed by atoms with Crippen LogP contribution in [0.1, 0.15) is 5.56 Å². The maximum Gasteiger partial charge on any atom is 0.341 e. The largest absolute Gasteiger partial charge is 0.503 e. The Labute approximate surface area is 145 Å². The molecule has 0 atom stereocenters. The number of hydrogen-bond donors (Lipinski definition) is 0. The molecular formula is C20H18O5. The highest BCUT2D eigenvalue weighted by atomic mass is 16.5. The molecule has 1 heterocycles. The van der Waals surface area contributed by atoms with Crippen molar-refractivity contribution in [2.24, 2.45) is 0 Å². The van der Waals surface area contributed by atoms with Gasteiger partial charge in [0.05, 0.1) is 33.9 Å². The van der Waals surface area contributed by atoms with Crippen LogP contribution in [0.25, 0.3) is 27.7 Å². The number of methoxy groups -OCH3 is 3. The number of benzene rings is 2. The van der Waals surface area contributed by atoms with Crippen molar-refractivity contribution in [3.63, 3.8) is 0 Å². The number of furan rings is 1. The van der Waals surface area contributed by atoms with Crippen LogP contribution in [0.2, 0.25) is 0 Å². The molecule has 0 saturated carbocycles. The van der Waals surface area contributed by atoms with E-state index >= 15 is 0 Å². The van der Waals surface area contributed by atoms with Crippen molar-refractivity contribution < 1.29 is 23.4 Å². The molecular weight excluding hydrogens is 320 g/mol. The number of carbonyl (C=O) groups excluding carboxylic acids is 1. The van der Waals surface area contributed by atoms with Gasteiger partial charge in [0, 0.05) is 16.5 Å². The third kappa shape index (κ3) is 3.08. The summed E-state index contributed by atoms with van der Waals surface area (Å²) >= 11 is 0. The zero-order chi connectivity index (χ0) is 17.8. The summed E-state index contributed by atoms with van der Waals surface area (Å²) in [5.74, 6) is 0.278. The third-order valence-corrected chi connectivity index (χ3v) is 3.92. The van der Waals surface area contributed by atoms with Crippen LogP contribution >= 0.6 is 0 Å². The van der Waals surface area contributed by atoms with Crippen LogP contribution in [0.5, 0.6) is 5.75 Å². The van der Waals surface area contributed by atoms with Gasteiger partial charge in [-0.05, 0) is 23.8 Å². The molecule has 0 N–H and O–H groups in total. The van der Waals surface area contributed by atoms with Gasteiger partial charge in [-0.3, -0.25) is 0 Å². The molecule has 0 fully saturated rings. The van der Waals surface area contributed by atoms with Crippen molar-refractivity contribution >= 4 is 22.5 Å². The predicted octanol–water partition coefficient (Wildman–Crippen LogP) is 4.27. The Bertz CT molecular complexity index is 936. The van der Waals surface area contributed by atoms with Crippen molar-refractivity contribution in [2.75, 3.05) is 21.3 Å². The van der Waals surface area contributed by atoms with Gasteiger partial charge >= 0.3 is 5.97 Å². The van der Waals surface area contributed by atoms with Crippen molar-refractivity contribution in [2.45, 2.75) is 0 Å². The van der Waals surface area contributed by atoms with E-state index in [0.29, 0.717) is 16.7 Å². The third-order valence-electron chi connectivity index (χ3n) is 3.92. The second-order valence-corrected chi connectivity index (χ2v) is 5.32. The Hall–Kier alpha value is -3.21. The summed E-state index contributed by atoms with van der Waals surface area (Å²) in [4.78, 5) is 12.0. The maximum absolute atomic E-state index is 12.0. The zero-order valence-corrected chi connectivity index (χ0v) is 14.2. The number of ether oxygens (including phenoxy) is 3. The van der Waals surface area contributed by atoms with E-state index in [4.69, 9.17) is 18.6 Å². The minimum atomic E-state index is -0.469. The monoisotopic (exact) mass is 338 g/mol. The van der Waals surface area contributed by atoms with Gasteiger partial charge in [-0.25, -0.2) is 4.79 Å². The lowest BCUT2D eigenvalue weighted by atomic mass is 10.00. The summed E-state index contributed by atoms with van der Waals surface area (Å²) in [6.45, 7) is 0. The van der Waals surface area contributed by atoms with Crippen LogP contribution in [0, 0.1) is 0 Å². The van der Waals surface area contributed by atoms with Gasteiger partial charge in [0.15, 0.2) is 0 Å². The fraction of sp³-hybridized carbons (Fsp3) is 0.150. The molecule has 0 aliphatic carbocycles. The first-order chi connectivity index (χ1) is 12.2. The first-order valence-corrected chi connectivity index (χ1v) is 7.66. The van der Waals surface area contributed by atoms with Gasteiger partial charge in [-0.1, -0.05) is 24.3 Å². The molecule has 3 aromatic rings. The van der Waals surface area contributed by atoms with Crippen LogP contribution in [-0.4, -0.2) is 27.3 Å². The van der Waals surface area contributed by atoms with E-state index in [1.807, 2.05) is 36.4 Å². The maximum atomic E-state index is 12.0. The normalized spacial score (nSPS) is 11.4. The fourth-order valence-corrected chi connectivity index (χ4v) is 2.73. The molecule has 0 radical (unpaired) electrons. The number of para-hydroxylation sites is 1. The van der Waals surface area contributed by atoms with E-state index in [0.717, 1.165) is 22.3 Å². The van der Waals surface area contributed by atoms with Crippen LogP contribution in [0.15, 0.2) is 59.4 Å². The standard InChI is InChI=1S/C20H18O5/c1-22-11-16(20(21)24-3)13-8-9-19-15(10-13)17(12-25-19)14-6-4-5-7-18(14)23-2/h4-12H,1-3H3/b16-11+. The minimum absolute atomic E-state index is 0.332. The molecule has 0 spiro atoms. The molecule has 0 aliphatic rings. The minimum Gasteiger partial charge on any atom is -0.503 e. The van der Waals surface area contributed by atoms with E-state index in [1.54, 1.807) is 19.4 Å². The molecule has 0 amide bonds. The van der Waals surface area contributed by atoms with Gasteiger partial charge < -0.3 is 18.6 Å². The number of fused-ring (bicyclic) bond motifs is 1. The lowest BCUT2D eigenvalue weighted by Crippen LogP contribution is -2.04. The van der Waals surface area contributed by atoms with E-state index in [1.165, 1.54) is 20.5 Å². The Kier molecular flexibility index (Phi) is 4.75. The summed E-state index contributed by atoms with van der Waals surface area (Å²) in [7, 11) is 4.45. The average Bonchev–Trinajstić information content (AvgIpc) is 3.08. The van der Waals surface area contributed by atoms with E-state index in [-0.39, 0.29) is 0 Å². The van der Waals surface area contributed by atoms with Crippen LogP contribution < -0.4 is 4.74 Å². The molecule has 5 nitrogen and oxygen atoms in total. The zero-order valence-electron chi connectivity index (χ0n) is 14.2. The smallest absolute Gasteiger partial charge is 0.341 e. The van der Waals surface area contributed by atoms with Crippen LogP contribution in [0.3, 0.4) is 0 Å². The van der Waals surface area contributed by atoms with Crippen molar-refractivity contribution in [3.05, 3.63) is 60.6 Å². The van der Waals surface area contributed by atoms with E-state index < -0.39 is 5.97 Å². The van der Waals surface area contributed by atoms with Crippen molar-refractivity contribution in [1.82, 2.24) is 0 Å². The average molecular weight is 338 g/mol. The molecule has 2 aromatic carbocycles. The second-order valence-electron chi connectivity index (χ2n) is 5.32. The van der Waals surface area contributed by atoms with E-state index in [9.17, 15) is 4.79 Å². The number of carbonyl (C=O) groups is 1. The van der Waals surface area contributed by atoms with Crippen LogP contribution in [0.4, 0.5) is 0 Å². The Morgan fingerprint density at radius 3 is 2.56 bits per heavy atom. The molecule has 128 valence electrons. The predicted molar refractivity (Wildman–Crippen MR) is 95.2 cm³/mol. The van der Waals surface area contributed by atoms with Gasteiger partial charge in [-0.15, -0.1) is 0 Å². The Morgan fingerprint density at radius 2 is 1.84 bits per heavy atom. The molecule has 0 bridgehead atoms. The quantitative estimate of drug-likeness (QED) is 0.395. The van der Waals surface area contributed by atoms with E-state index in [2.05, 4.69) is 0 Å². The van der Waals surface area contributed by atoms with Gasteiger partial charge in [0.25, 0.3) is 0 Å². The van der Waals surface area contributed by atoms with Gasteiger partial charge in [0.2, 0.25) is 0 Å². The summed E-state index contributed by atoms with van der Waals surface area (Å²) < 4.78 is 21.0. The van der Waals surface area contributed by atoms with Gasteiger partial charge in [-0.2, -0.15) is 0 Å². The Balaban J connectivity index is 2.18. The fourth-order valence-electron chi connectivity index (χ4n) is 2.73. The summed E-state index contributed by atoms with van der Waals surface area (Å²) in [5, 5.41) is 0.868. The molecule has 1 aromatic heterocycles. The lowest BCUT2D eigenvalue weighted by molar-refractivity contribution is -0.133.